The molecule has 3 heteroatoms. The highest BCUT2D eigenvalue weighted by atomic mass is 16.5. The van der Waals surface area contributed by atoms with E-state index >= 15 is 0 Å². The van der Waals surface area contributed by atoms with E-state index in [1.807, 2.05) is 55.5 Å². The maximum absolute atomic E-state index is 12.6. The van der Waals surface area contributed by atoms with Gasteiger partial charge in [0, 0.05) is 18.0 Å². The molecule has 1 aliphatic rings. The maximum Gasteiger partial charge on any atom is 0.167 e. The quantitative estimate of drug-likeness (QED) is 0.855. The zero-order chi connectivity index (χ0) is 16.1. The van der Waals surface area contributed by atoms with Crippen molar-refractivity contribution in [3.63, 3.8) is 0 Å². The van der Waals surface area contributed by atoms with Gasteiger partial charge in [-0.3, -0.25) is 4.79 Å². The highest BCUT2D eigenvalue weighted by Crippen LogP contribution is 2.23. The number of benzene rings is 2. The molecule has 1 aliphatic heterocycles. The molecular formula is C20H23NO2. The van der Waals surface area contributed by atoms with Crippen molar-refractivity contribution in [3.05, 3.63) is 65.2 Å². The van der Waals surface area contributed by atoms with E-state index in [2.05, 4.69) is 5.32 Å². The van der Waals surface area contributed by atoms with Crippen LogP contribution >= 0.6 is 0 Å². The summed E-state index contributed by atoms with van der Waals surface area (Å²) < 4.78 is 5.83. The van der Waals surface area contributed by atoms with Gasteiger partial charge in [-0.1, -0.05) is 30.3 Å². The van der Waals surface area contributed by atoms with Crippen LogP contribution in [0.15, 0.2) is 48.5 Å². The lowest BCUT2D eigenvalue weighted by molar-refractivity contribution is 0.0899. The van der Waals surface area contributed by atoms with E-state index in [4.69, 9.17) is 4.74 Å². The van der Waals surface area contributed by atoms with Crippen molar-refractivity contribution < 1.29 is 9.53 Å². The van der Waals surface area contributed by atoms with E-state index in [-0.39, 0.29) is 11.7 Å². The minimum Gasteiger partial charge on any atom is -0.489 e. The summed E-state index contributed by atoms with van der Waals surface area (Å²) in [4.78, 5) is 12.6. The molecule has 2 aromatic rings. The third kappa shape index (κ3) is 3.99. The summed E-state index contributed by atoms with van der Waals surface area (Å²) in [7, 11) is 0. The lowest BCUT2D eigenvalue weighted by Crippen LogP contribution is -2.34. The number of rotatable bonds is 5. The Kier molecular flexibility index (Phi) is 5.09. The minimum absolute atomic E-state index is 0.110. The monoisotopic (exact) mass is 309 g/mol. The third-order valence-electron chi connectivity index (χ3n) is 4.38. The lowest BCUT2D eigenvalue weighted by Gasteiger charge is -2.22. The van der Waals surface area contributed by atoms with Gasteiger partial charge in [0.1, 0.15) is 12.4 Å². The Bertz CT molecular complexity index is 661. The highest BCUT2D eigenvalue weighted by Gasteiger charge is 2.23. The summed E-state index contributed by atoms with van der Waals surface area (Å²) in [6, 6.07) is 15.9. The first-order chi connectivity index (χ1) is 11.2. The fourth-order valence-electron chi connectivity index (χ4n) is 3.04. The Hall–Kier alpha value is -2.13. The summed E-state index contributed by atoms with van der Waals surface area (Å²) in [5.74, 6) is 1.17. The van der Waals surface area contributed by atoms with Crippen molar-refractivity contribution in [1.82, 2.24) is 5.32 Å². The molecule has 0 radical (unpaired) electrons. The van der Waals surface area contributed by atoms with Crippen molar-refractivity contribution in [2.24, 2.45) is 5.92 Å². The van der Waals surface area contributed by atoms with Crippen LogP contribution < -0.4 is 10.1 Å². The van der Waals surface area contributed by atoms with Crippen LogP contribution in [0.2, 0.25) is 0 Å². The van der Waals surface area contributed by atoms with E-state index in [1.54, 1.807) is 0 Å². The van der Waals surface area contributed by atoms with E-state index in [0.717, 1.165) is 48.4 Å². The molecule has 1 atom stereocenters. The van der Waals surface area contributed by atoms with Gasteiger partial charge in [-0.25, -0.2) is 0 Å². The number of hydrogen-bond acceptors (Lipinski definition) is 3. The second-order valence-electron chi connectivity index (χ2n) is 6.16. The molecule has 1 heterocycles. The SMILES string of the molecule is Cc1cc(OCc2ccccc2)ccc1C(=O)C1CCCNC1. The number of carbonyl (C=O) groups excluding carboxylic acids is 1. The van der Waals surface area contributed by atoms with Crippen LogP contribution in [0.3, 0.4) is 0 Å². The van der Waals surface area contributed by atoms with E-state index in [0.29, 0.717) is 6.61 Å². The average molecular weight is 309 g/mol. The molecule has 0 amide bonds. The molecule has 1 saturated heterocycles. The van der Waals surface area contributed by atoms with Gasteiger partial charge in [0.05, 0.1) is 0 Å². The molecule has 23 heavy (non-hydrogen) atoms. The first-order valence-electron chi connectivity index (χ1n) is 8.26. The molecule has 1 fully saturated rings. The third-order valence-corrected chi connectivity index (χ3v) is 4.38. The number of hydrogen-bond donors (Lipinski definition) is 1. The Balaban J connectivity index is 1.66. The van der Waals surface area contributed by atoms with Crippen LogP contribution in [0.4, 0.5) is 0 Å². The Morgan fingerprint density at radius 2 is 2.04 bits per heavy atom. The van der Waals surface area contributed by atoms with Crippen LogP contribution in [0, 0.1) is 12.8 Å². The number of Topliss-reactive ketones (excluding diaryl/α,β-unsaturated/α-hetero) is 1. The summed E-state index contributed by atoms with van der Waals surface area (Å²) in [5, 5.41) is 3.31. The number of carbonyl (C=O) groups is 1. The largest absolute Gasteiger partial charge is 0.489 e. The van der Waals surface area contributed by atoms with E-state index in [1.165, 1.54) is 0 Å². The predicted molar refractivity (Wildman–Crippen MR) is 91.9 cm³/mol. The van der Waals surface area contributed by atoms with Gasteiger partial charge >= 0.3 is 0 Å². The van der Waals surface area contributed by atoms with Gasteiger partial charge in [-0.2, -0.15) is 0 Å². The van der Waals surface area contributed by atoms with Gasteiger partial charge in [0.15, 0.2) is 5.78 Å². The normalized spacial score (nSPS) is 17.7. The summed E-state index contributed by atoms with van der Waals surface area (Å²) in [6.45, 7) is 4.35. The van der Waals surface area contributed by atoms with Crippen molar-refractivity contribution in [1.29, 1.82) is 0 Å². The Morgan fingerprint density at radius 1 is 1.22 bits per heavy atom. The predicted octanol–water partition coefficient (Wildman–Crippen LogP) is 3.76. The van der Waals surface area contributed by atoms with Gasteiger partial charge in [-0.15, -0.1) is 0 Å². The van der Waals surface area contributed by atoms with Crippen LogP contribution in [-0.4, -0.2) is 18.9 Å². The topological polar surface area (TPSA) is 38.3 Å². The summed E-state index contributed by atoms with van der Waals surface area (Å²) >= 11 is 0. The number of ketones is 1. The molecule has 120 valence electrons. The smallest absolute Gasteiger partial charge is 0.167 e. The molecule has 0 saturated carbocycles. The summed E-state index contributed by atoms with van der Waals surface area (Å²) in [6.07, 6.45) is 2.06. The number of piperidine rings is 1. The van der Waals surface area contributed by atoms with Crippen LogP contribution in [0.25, 0.3) is 0 Å². The average Bonchev–Trinajstić information content (AvgIpc) is 2.61. The maximum atomic E-state index is 12.6. The fraction of sp³-hybridized carbons (Fsp3) is 0.350. The number of aryl methyl sites for hydroxylation is 1. The molecule has 0 spiro atoms. The molecule has 0 aliphatic carbocycles. The molecular weight excluding hydrogens is 286 g/mol. The zero-order valence-electron chi connectivity index (χ0n) is 13.5. The Labute approximate surface area is 137 Å². The van der Waals surface area contributed by atoms with Crippen molar-refractivity contribution >= 4 is 5.78 Å². The molecule has 3 rings (SSSR count). The van der Waals surface area contributed by atoms with Crippen molar-refractivity contribution in [2.45, 2.75) is 26.4 Å². The van der Waals surface area contributed by atoms with Gasteiger partial charge in [0.2, 0.25) is 0 Å². The van der Waals surface area contributed by atoms with Crippen molar-refractivity contribution in [3.8, 4) is 5.75 Å². The number of ether oxygens (including phenoxy) is 1. The van der Waals surface area contributed by atoms with E-state index in [9.17, 15) is 4.79 Å². The molecule has 1 unspecified atom stereocenters. The summed E-state index contributed by atoms with van der Waals surface area (Å²) in [5.41, 5.74) is 2.95. The molecule has 3 nitrogen and oxygen atoms in total. The molecule has 0 bridgehead atoms. The first-order valence-corrected chi connectivity index (χ1v) is 8.26. The zero-order valence-corrected chi connectivity index (χ0v) is 13.5. The number of nitrogens with one attached hydrogen (secondary N) is 1. The second-order valence-corrected chi connectivity index (χ2v) is 6.16. The molecule has 0 aromatic heterocycles. The molecule has 2 aromatic carbocycles. The fourth-order valence-corrected chi connectivity index (χ4v) is 3.04. The van der Waals surface area contributed by atoms with Crippen LogP contribution in [0.1, 0.15) is 34.3 Å². The van der Waals surface area contributed by atoms with Gasteiger partial charge in [-0.05, 0) is 55.6 Å². The van der Waals surface area contributed by atoms with Crippen molar-refractivity contribution in [2.75, 3.05) is 13.1 Å². The highest BCUT2D eigenvalue weighted by molar-refractivity contribution is 5.99. The minimum atomic E-state index is 0.110. The van der Waals surface area contributed by atoms with Gasteiger partial charge in [0.25, 0.3) is 0 Å². The molecule has 1 N–H and O–H groups in total. The van der Waals surface area contributed by atoms with Gasteiger partial charge < -0.3 is 10.1 Å². The standard InChI is InChI=1S/C20H23NO2/c1-15-12-18(23-14-16-6-3-2-4-7-16)9-10-19(15)20(22)17-8-5-11-21-13-17/h2-4,6-7,9-10,12,17,21H,5,8,11,13-14H2,1H3. The second kappa shape index (κ2) is 7.42. The van der Waals surface area contributed by atoms with E-state index < -0.39 is 0 Å². The van der Waals surface area contributed by atoms with Crippen LogP contribution in [0.5, 0.6) is 5.75 Å². The first kappa shape index (κ1) is 15.8. The lowest BCUT2D eigenvalue weighted by atomic mass is 9.89. The van der Waals surface area contributed by atoms with Crippen LogP contribution in [-0.2, 0) is 6.61 Å². The Morgan fingerprint density at radius 3 is 2.74 bits per heavy atom.